The monoisotopic (exact) mass is 396 g/mol. The van der Waals surface area contributed by atoms with Crippen molar-refractivity contribution in [1.82, 2.24) is 0 Å². The van der Waals surface area contributed by atoms with E-state index in [-0.39, 0.29) is 6.04 Å². The fourth-order valence-corrected chi connectivity index (χ4v) is 3.83. The van der Waals surface area contributed by atoms with Gasteiger partial charge in [0.2, 0.25) is 0 Å². The van der Waals surface area contributed by atoms with Crippen molar-refractivity contribution in [3.63, 3.8) is 0 Å². The molecule has 1 atom stereocenters. The van der Waals surface area contributed by atoms with Gasteiger partial charge in [0, 0.05) is 12.0 Å². The lowest BCUT2D eigenvalue weighted by Crippen LogP contribution is -2.18. The van der Waals surface area contributed by atoms with Crippen LogP contribution in [0.2, 0.25) is 10.0 Å². The number of benzene rings is 3. The average Bonchev–Trinajstić information content (AvgIpc) is 3.15. The SMILES string of the molecule is COc1ccccc1C1=NN(c2ccccc2)C(c2cccc(Cl)c2Cl)C1. The van der Waals surface area contributed by atoms with Crippen molar-refractivity contribution in [3.8, 4) is 5.75 Å². The number of para-hydroxylation sites is 2. The van der Waals surface area contributed by atoms with E-state index in [1.54, 1.807) is 13.2 Å². The summed E-state index contributed by atoms with van der Waals surface area (Å²) in [7, 11) is 1.68. The van der Waals surface area contributed by atoms with Crippen molar-refractivity contribution in [2.45, 2.75) is 12.5 Å². The number of ether oxygens (including phenoxy) is 1. The second kappa shape index (κ2) is 7.63. The molecule has 27 heavy (non-hydrogen) atoms. The van der Waals surface area contributed by atoms with Gasteiger partial charge in [0.15, 0.2) is 0 Å². The molecule has 1 unspecified atom stereocenters. The van der Waals surface area contributed by atoms with E-state index in [9.17, 15) is 0 Å². The van der Waals surface area contributed by atoms with Gasteiger partial charge in [0.1, 0.15) is 5.75 Å². The molecular weight excluding hydrogens is 379 g/mol. The predicted molar refractivity (Wildman–Crippen MR) is 112 cm³/mol. The van der Waals surface area contributed by atoms with E-state index in [2.05, 4.69) is 0 Å². The highest BCUT2D eigenvalue weighted by Crippen LogP contribution is 2.41. The summed E-state index contributed by atoms with van der Waals surface area (Å²) in [5.41, 5.74) is 3.91. The Hall–Kier alpha value is -2.49. The quantitative estimate of drug-likeness (QED) is 0.512. The number of hydrogen-bond donors (Lipinski definition) is 0. The van der Waals surface area contributed by atoms with Gasteiger partial charge in [-0.05, 0) is 35.9 Å². The molecule has 5 heteroatoms. The lowest BCUT2D eigenvalue weighted by Gasteiger charge is -2.25. The lowest BCUT2D eigenvalue weighted by atomic mass is 9.97. The van der Waals surface area contributed by atoms with Crippen LogP contribution >= 0.6 is 23.2 Å². The molecular formula is C22H18Cl2N2O. The Morgan fingerprint density at radius 2 is 1.67 bits per heavy atom. The summed E-state index contributed by atoms with van der Waals surface area (Å²) in [6, 6.07) is 23.7. The van der Waals surface area contributed by atoms with E-state index < -0.39 is 0 Å². The maximum atomic E-state index is 6.54. The third kappa shape index (κ3) is 3.41. The molecule has 1 aliphatic rings. The van der Waals surface area contributed by atoms with Crippen LogP contribution in [0.1, 0.15) is 23.6 Å². The molecule has 0 fully saturated rings. The molecule has 0 spiro atoms. The molecule has 136 valence electrons. The standard InChI is InChI=1S/C22H18Cl2N2O/c1-27-21-13-6-5-10-16(21)19-14-20(17-11-7-12-18(23)22(17)24)26(25-19)15-8-3-2-4-9-15/h2-13,20H,14H2,1H3. The van der Waals surface area contributed by atoms with E-state index in [4.69, 9.17) is 33.0 Å². The first-order valence-electron chi connectivity index (χ1n) is 8.68. The third-order valence-electron chi connectivity index (χ3n) is 4.69. The largest absolute Gasteiger partial charge is 0.496 e. The van der Waals surface area contributed by atoms with Gasteiger partial charge in [0.05, 0.1) is 34.6 Å². The van der Waals surface area contributed by atoms with Crippen LogP contribution in [0.15, 0.2) is 77.9 Å². The Labute approximate surface area is 168 Å². The molecule has 0 bridgehead atoms. The fraction of sp³-hybridized carbons (Fsp3) is 0.136. The van der Waals surface area contributed by atoms with Crippen LogP contribution < -0.4 is 9.75 Å². The van der Waals surface area contributed by atoms with Crippen LogP contribution in [0, 0.1) is 0 Å². The van der Waals surface area contributed by atoms with E-state index in [0.29, 0.717) is 16.5 Å². The van der Waals surface area contributed by atoms with Crippen LogP contribution in [0.4, 0.5) is 5.69 Å². The molecule has 0 amide bonds. The van der Waals surface area contributed by atoms with Crippen LogP contribution in [-0.2, 0) is 0 Å². The lowest BCUT2D eigenvalue weighted by molar-refractivity contribution is 0.414. The Morgan fingerprint density at radius 1 is 0.926 bits per heavy atom. The second-order valence-corrected chi connectivity index (χ2v) is 7.08. The average molecular weight is 397 g/mol. The number of methoxy groups -OCH3 is 1. The van der Waals surface area contributed by atoms with Gasteiger partial charge >= 0.3 is 0 Å². The van der Waals surface area contributed by atoms with Gasteiger partial charge in [0.25, 0.3) is 0 Å². The van der Waals surface area contributed by atoms with Crippen molar-refractivity contribution in [3.05, 3.63) is 94.0 Å². The first-order valence-corrected chi connectivity index (χ1v) is 9.43. The molecule has 1 aliphatic heterocycles. The molecule has 3 aromatic carbocycles. The molecule has 1 heterocycles. The van der Waals surface area contributed by atoms with Crippen LogP contribution in [0.5, 0.6) is 5.75 Å². The van der Waals surface area contributed by atoms with Gasteiger partial charge in [-0.25, -0.2) is 0 Å². The summed E-state index contributed by atoms with van der Waals surface area (Å²) in [5.74, 6) is 0.808. The first-order chi connectivity index (χ1) is 13.2. The molecule has 0 aromatic heterocycles. The zero-order valence-corrected chi connectivity index (χ0v) is 16.3. The van der Waals surface area contributed by atoms with E-state index >= 15 is 0 Å². The molecule has 0 N–H and O–H groups in total. The molecule has 0 saturated heterocycles. The Bertz CT molecular complexity index is 989. The third-order valence-corrected chi connectivity index (χ3v) is 5.52. The smallest absolute Gasteiger partial charge is 0.127 e. The molecule has 0 aliphatic carbocycles. The summed E-state index contributed by atoms with van der Waals surface area (Å²) < 4.78 is 5.54. The number of anilines is 1. The number of rotatable bonds is 4. The highest BCUT2D eigenvalue weighted by molar-refractivity contribution is 6.42. The van der Waals surface area contributed by atoms with Crippen LogP contribution in [0.25, 0.3) is 0 Å². The maximum Gasteiger partial charge on any atom is 0.127 e. The minimum Gasteiger partial charge on any atom is -0.496 e. The zero-order valence-electron chi connectivity index (χ0n) is 14.8. The van der Waals surface area contributed by atoms with Crippen molar-refractivity contribution in [2.24, 2.45) is 5.10 Å². The van der Waals surface area contributed by atoms with Gasteiger partial charge in [-0.3, -0.25) is 5.01 Å². The van der Waals surface area contributed by atoms with Gasteiger partial charge < -0.3 is 4.74 Å². The number of hydrazone groups is 1. The molecule has 3 nitrogen and oxygen atoms in total. The van der Waals surface area contributed by atoms with Gasteiger partial charge in [-0.15, -0.1) is 0 Å². The molecule has 0 saturated carbocycles. The van der Waals surface area contributed by atoms with E-state index in [1.165, 1.54) is 0 Å². The topological polar surface area (TPSA) is 24.8 Å². The van der Waals surface area contributed by atoms with Gasteiger partial charge in [-0.2, -0.15) is 5.10 Å². The predicted octanol–water partition coefficient (Wildman–Crippen LogP) is 6.36. The summed E-state index contributed by atoms with van der Waals surface area (Å²) in [4.78, 5) is 0. The van der Waals surface area contributed by atoms with Crippen LogP contribution in [0.3, 0.4) is 0 Å². The number of nitrogens with zero attached hydrogens (tertiary/aromatic N) is 2. The Morgan fingerprint density at radius 3 is 2.44 bits per heavy atom. The highest BCUT2D eigenvalue weighted by atomic mass is 35.5. The summed E-state index contributed by atoms with van der Waals surface area (Å²) in [5, 5.41) is 8.07. The fourth-order valence-electron chi connectivity index (χ4n) is 3.39. The zero-order chi connectivity index (χ0) is 18.8. The van der Waals surface area contributed by atoms with E-state index in [1.807, 2.05) is 71.7 Å². The molecule has 3 aromatic rings. The Kier molecular flexibility index (Phi) is 5.06. The maximum absolute atomic E-state index is 6.54. The highest BCUT2D eigenvalue weighted by Gasteiger charge is 2.32. The Balaban J connectivity index is 1.81. The first kappa shape index (κ1) is 17.9. The van der Waals surface area contributed by atoms with Crippen molar-refractivity contribution in [2.75, 3.05) is 12.1 Å². The van der Waals surface area contributed by atoms with Crippen molar-refractivity contribution < 1.29 is 4.74 Å². The second-order valence-electron chi connectivity index (χ2n) is 6.29. The molecule has 4 rings (SSSR count). The summed E-state index contributed by atoms with van der Waals surface area (Å²) >= 11 is 12.8. The van der Waals surface area contributed by atoms with E-state index in [0.717, 1.165) is 28.3 Å². The number of halogens is 2. The van der Waals surface area contributed by atoms with Gasteiger partial charge in [-0.1, -0.05) is 65.7 Å². The minimum atomic E-state index is -0.0430. The summed E-state index contributed by atoms with van der Waals surface area (Å²) in [6.45, 7) is 0. The summed E-state index contributed by atoms with van der Waals surface area (Å²) in [6.07, 6.45) is 0.704. The van der Waals surface area contributed by atoms with Crippen LogP contribution in [-0.4, -0.2) is 12.8 Å². The number of hydrogen-bond acceptors (Lipinski definition) is 3. The normalized spacial score (nSPS) is 16.3. The molecule has 0 radical (unpaired) electrons. The van der Waals surface area contributed by atoms with Crippen molar-refractivity contribution in [1.29, 1.82) is 0 Å². The van der Waals surface area contributed by atoms with Crippen molar-refractivity contribution >= 4 is 34.6 Å². The minimum absolute atomic E-state index is 0.0430.